The fourth-order valence-electron chi connectivity index (χ4n) is 3.08. The number of carbonyl (C=O) groups excluding carboxylic acids is 2. The Hall–Kier alpha value is -3.09. The molecule has 3 N–H and O–H groups in total. The van der Waals surface area contributed by atoms with E-state index in [9.17, 15) is 14.0 Å². The summed E-state index contributed by atoms with van der Waals surface area (Å²) in [5.74, 6) is -0.700. The number of hydrogen-bond acceptors (Lipinski definition) is 3. The third-order valence-electron chi connectivity index (χ3n) is 4.69. The number of nitrogens with one attached hydrogen (secondary N) is 1. The van der Waals surface area contributed by atoms with Crippen molar-refractivity contribution in [3.05, 3.63) is 65.5 Å². The van der Waals surface area contributed by atoms with Gasteiger partial charge in [-0.15, -0.1) is 0 Å². The number of anilines is 1. The summed E-state index contributed by atoms with van der Waals surface area (Å²) in [6.45, 7) is 3.21. The Labute approximate surface area is 157 Å². The molecule has 1 saturated heterocycles. The number of nitrogens with zero attached hydrogens (tertiary/aromatic N) is 2. The largest absolute Gasteiger partial charge is 0.368 e. The molecule has 0 bridgehead atoms. The molecule has 7 heteroatoms. The van der Waals surface area contributed by atoms with Gasteiger partial charge in [0.05, 0.1) is 0 Å². The van der Waals surface area contributed by atoms with E-state index in [2.05, 4.69) is 10.2 Å². The molecule has 0 saturated carbocycles. The Kier molecular flexibility index (Phi) is 5.90. The van der Waals surface area contributed by atoms with Crippen LogP contribution in [0.3, 0.4) is 0 Å². The zero-order valence-corrected chi connectivity index (χ0v) is 15.0. The fourth-order valence-corrected chi connectivity index (χ4v) is 3.08. The van der Waals surface area contributed by atoms with Crippen LogP contribution in [0.1, 0.15) is 15.9 Å². The van der Waals surface area contributed by atoms with Gasteiger partial charge in [-0.05, 0) is 48.4 Å². The van der Waals surface area contributed by atoms with Crippen molar-refractivity contribution in [3.8, 4) is 0 Å². The van der Waals surface area contributed by atoms with E-state index < -0.39 is 5.91 Å². The number of benzene rings is 2. The number of primary amides is 1. The van der Waals surface area contributed by atoms with Crippen LogP contribution in [0, 0.1) is 5.82 Å². The smallest absolute Gasteiger partial charge is 0.317 e. The zero-order chi connectivity index (χ0) is 19.2. The normalized spacial score (nSPS) is 14.1. The third-order valence-corrected chi connectivity index (χ3v) is 4.69. The monoisotopic (exact) mass is 370 g/mol. The van der Waals surface area contributed by atoms with E-state index in [0.717, 1.165) is 24.3 Å². The van der Waals surface area contributed by atoms with E-state index >= 15 is 0 Å². The van der Waals surface area contributed by atoms with Crippen molar-refractivity contribution >= 4 is 17.6 Å². The van der Waals surface area contributed by atoms with Crippen molar-refractivity contribution in [2.24, 2.45) is 5.73 Å². The molecule has 1 heterocycles. The summed E-state index contributed by atoms with van der Waals surface area (Å²) in [4.78, 5) is 27.4. The summed E-state index contributed by atoms with van der Waals surface area (Å²) in [6, 6.07) is 13.4. The number of urea groups is 1. The van der Waals surface area contributed by atoms with Gasteiger partial charge in [0.2, 0.25) is 5.91 Å². The number of piperazine rings is 1. The average molecular weight is 370 g/mol. The van der Waals surface area contributed by atoms with Crippen LogP contribution in [0.25, 0.3) is 0 Å². The van der Waals surface area contributed by atoms with Crippen LogP contribution in [-0.2, 0) is 6.42 Å². The molecule has 0 aromatic heterocycles. The summed E-state index contributed by atoms with van der Waals surface area (Å²) < 4.78 is 12.9. The van der Waals surface area contributed by atoms with Crippen molar-refractivity contribution in [1.82, 2.24) is 10.2 Å². The first-order valence-corrected chi connectivity index (χ1v) is 8.95. The predicted molar refractivity (Wildman–Crippen MR) is 102 cm³/mol. The van der Waals surface area contributed by atoms with Crippen molar-refractivity contribution in [2.45, 2.75) is 6.42 Å². The number of halogens is 1. The quantitative estimate of drug-likeness (QED) is 0.845. The van der Waals surface area contributed by atoms with Crippen molar-refractivity contribution in [1.29, 1.82) is 0 Å². The average Bonchev–Trinajstić information content (AvgIpc) is 2.69. The maximum atomic E-state index is 12.9. The molecule has 142 valence electrons. The predicted octanol–water partition coefficient (Wildman–Crippen LogP) is 2.00. The molecule has 0 aliphatic carbocycles. The first kappa shape index (κ1) is 18.7. The molecular formula is C20H23FN4O2. The maximum absolute atomic E-state index is 12.9. The SMILES string of the molecule is NC(=O)c1ccc(N2CCN(C(=O)NCCc3ccc(F)cc3)CC2)cc1. The Morgan fingerprint density at radius 3 is 2.19 bits per heavy atom. The van der Waals surface area contributed by atoms with Gasteiger partial charge in [0, 0.05) is 44.0 Å². The van der Waals surface area contributed by atoms with E-state index in [1.165, 1.54) is 12.1 Å². The standard InChI is InChI=1S/C20H23FN4O2/c21-17-5-1-15(2-6-17)9-10-23-20(27)25-13-11-24(12-14-25)18-7-3-16(4-8-18)19(22)26/h1-8H,9-14H2,(H2,22,26)(H,23,27). The van der Waals surface area contributed by atoms with Gasteiger partial charge in [0.15, 0.2) is 0 Å². The summed E-state index contributed by atoms with van der Waals surface area (Å²) in [5, 5.41) is 2.91. The second-order valence-electron chi connectivity index (χ2n) is 6.49. The first-order chi connectivity index (χ1) is 13.0. The number of rotatable bonds is 5. The van der Waals surface area contributed by atoms with Crippen LogP contribution in [0.2, 0.25) is 0 Å². The van der Waals surface area contributed by atoms with Crippen LogP contribution in [-0.4, -0.2) is 49.6 Å². The van der Waals surface area contributed by atoms with E-state index in [1.54, 1.807) is 29.2 Å². The summed E-state index contributed by atoms with van der Waals surface area (Å²) >= 11 is 0. The highest BCUT2D eigenvalue weighted by Gasteiger charge is 2.21. The summed E-state index contributed by atoms with van der Waals surface area (Å²) in [6.07, 6.45) is 0.665. The maximum Gasteiger partial charge on any atom is 0.317 e. The van der Waals surface area contributed by atoms with Gasteiger partial charge in [-0.3, -0.25) is 4.79 Å². The molecule has 0 radical (unpaired) electrons. The van der Waals surface area contributed by atoms with E-state index in [4.69, 9.17) is 5.73 Å². The number of hydrogen-bond donors (Lipinski definition) is 2. The van der Waals surface area contributed by atoms with Crippen molar-refractivity contribution in [3.63, 3.8) is 0 Å². The molecular weight excluding hydrogens is 347 g/mol. The molecule has 2 aromatic rings. The lowest BCUT2D eigenvalue weighted by Crippen LogP contribution is -2.52. The Morgan fingerprint density at radius 1 is 0.963 bits per heavy atom. The molecule has 1 aliphatic rings. The van der Waals surface area contributed by atoms with Crippen LogP contribution >= 0.6 is 0 Å². The second kappa shape index (κ2) is 8.53. The molecule has 27 heavy (non-hydrogen) atoms. The van der Waals surface area contributed by atoms with Gasteiger partial charge >= 0.3 is 6.03 Å². The lowest BCUT2D eigenvalue weighted by molar-refractivity contribution is 0.1000. The van der Waals surface area contributed by atoms with Crippen LogP contribution in [0.15, 0.2) is 48.5 Å². The molecule has 6 nitrogen and oxygen atoms in total. The molecule has 0 atom stereocenters. The third kappa shape index (κ3) is 4.97. The van der Waals surface area contributed by atoms with Crippen molar-refractivity contribution < 1.29 is 14.0 Å². The lowest BCUT2D eigenvalue weighted by atomic mass is 10.1. The fraction of sp³-hybridized carbons (Fsp3) is 0.300. The molecule has 0 spiro atoms. The minimum Gasteiger partial charge on any atom is -0.368 e. The van der Waals surface area contributed by atoms with Gasteiger partial charge in [-0.25, -0.2) is 9.18 Å². The van der Waals surface area contributed by atoms with E-state index in [1.807, 2.05) is 12.1 Å². The topological polar surface area (TPSA) is 78.7 Å². The van der Waals surface area contributed by atoms with Gasteiger partial charge < -0.3 is 20.9 Å². The Morgan fingerprint density at radius 2 is 1.59 bits per heavy atom. The van der Waals surface area contributed by atoms with Gasteiger partial charge in [0.1, 0.15) is 5.82 Å². The lowest BCUT2D eigenvalue weighted by Gasteiger charge is -2.36. The molecule has 3 amide bonds. The number of amides is 3. The highest BCUT2D eigenvalue weighted by atomic mass is 19.1. The minimum atomic E-state index is -0.441. The van der Waals surface area contributed by atoms with Crippen LogP contribution in [0.4, 0.5) is 14.9 Å². The first-order valence-electron chi connectivity index (χ1n) is 8.95. The number of carbonyl (C=O) groups is 2. The van der Waals surface area contributed by atoms with E-state index in [0.29, 0.717) is 31.6 Å². The molecule has 1 aliphatic heterocycles. The molecule has 3 rings (SSSR count). The Bertz CT molecular complexity index is 785. The van der Waals surface area contributed by atoms with Gasteiger partial charge in [0.25, 0.3) is 0 Å². The highest BCUT2D eigenvalue weighted by Crippen LogP contribution is 2.17. The zero-order valence-electron chi connectivity index (χ0n) is 15.0. The molecule has 0 unspecified atom stereocenters. The minimum absolute atomic E-state index is 0.0826. The summed E-state index contributed by atoms with van der Waals surface area (Å²) in [7, 11) is 0. The second-order valence-corrected chi connectivity index (χ2v) is 6.49. The van der Waals surface area contributed by atoms with E-state index in [-0.39, 0.29) is 11.8 Å². The summed E-state index contributed by atoms with van der Waals surface area (Å²) in [5.41, 5.74) is 7.74. The highest BCUT2D eigenvalue weighted by molar-refractivity contribution is 5.93. The molecule has 2 aromatic carbocycles. The van der Waals surface area contributed by atoms with Gasteiger partial charge in [-0.2, -0.15) is 0 Å². The van der Waals surface area contributed by atoms with Crippen molar-refractivity contribution in [2.75, 3.05) is 37.6 Å². The van der Waals surface area contributed by atoms with Crippen LogP contribution < -0.4 is 16.0 Å². The molecule has 1 fully saturated rings. The van der Waals surface area contributed by atoms with Gasteiger partial charge in [-0.1, -0.05) is 12.1 Å². The number of nitrogens with two attached hydrogens (primary N) is 1. The van der Waals surface area contributed by atoms with Crippen LogP contribution in [0.5, 0.6) is 0 Å². The Balaban J connectivity index is 1.43.